The zero-order valence-electron chi connectivity index (χ0n) is 30.3. The van der Waals surface area contributed by atoms with Gasteiger partial charge in [0.15, 0.2) is 0 Å². The molecule has 14 nitrogen and oxygen atoms in total. The Labute approximate surface area is 289 Å². The summed E-state index contributed by atoms with van der Waals surface area (Å²) in [6.45, 7) is 18.1. The van der Waals surface area contributed by atoms with Crippen molar-refractivity contribution in [3.8, 4) is 0 Å². The van der Waals surface area contributed by atoms with Gasteiger partial charge >= 0.3 is 5.97 Å². The van der Waals surface area contributed by atoms with Gasteiger partial charge in [0.2, 0.25) is 0 Å². The Balaban J connectivity index is 3.08. The molecule has 0 rings (SSSR count). The van der Waals surface area contributed by atoms with Crippen LogP contribution in [0.5, 0.6) is 0 Å². The van der Waals surface area contributed by atoms with Gasteiger partial charge in [-0.1, -0.05) is 26.2 Å². The third-order valence-corrected chi connectivity index (χ3v) is 6.12. The number of unbranched alkanes of at least 4 members (excludes halogenated alkanes) is 3. The monoisotopic (exact) mass is 700 g/mol. The molecular weight excluding hydrogens is 632 g/mol. The SMILES string of the molecule is CCCCCCC(=O)OCCOCCOCCOCCOCCOCCOCCOCCOCCOCCOCCOCCOC(C)C. The molecule has 0 radical (unpaired) electrons. The fourth-order valence-electron chi connectivity index (χ4n) is 3.63. The van der Waals surface area contributed by atoms with E-state index in [0.717, 1.165) is 25.7 Å². The lowest BCUT2D eigenvalue weighted by molar-refractivity contribution is -0.145. The molecule has 0 aliphatic carbocycles. The first-order valence-electron chi connectivity index (χ1n) is 17.8. The molecule has 0 N–H and O–H groups in total. The van der Waals surface area contributed by atoms with Crippen molar-refractivity contribution in [3.05, 3.63) is 0 Å². The van der Waals surface area contributed by atoms with Gasteiger partial charge in [-0.3, -0.25) is 4.79 Å². The highest BCUT2D eigenvalue weighted by Gasteiger charge is 2.02. The predicted octanol–water partition coefficient (Wildman–Crippen LogP) is 3.11. The summed E-state index contributed by atoms with van der Waals surface area (Å²) in [5.41, 5.74) is 0. The first kappa shape index (κ1) is 47.0. The number of carbonyl (C=O) groups excluding carboxylic acids is 1. The van der Waals surface area contributed by atoms with Crippen LogP contribution in [-0.2, 0) is 66.4 Å². The fourth-order valence-corrected chi connectivity index (χ4v) is 3.63. The fraction of sp³-hybridized carbons (Fsp3) is 0.971. The molecule has 0 bridgehead atoms. The summed E-state index contributed by atoms with van der Waals surface area (Å²) in [5, 5.41) is 0. The van der Waals surface area contributed by atoms with Gasteiger partial charge in [0.1, 0.15) is 6.61 Å². The maximum atomic E-state index is 11.5. The third kappa shape index (κ3) is 43.0. The zero-order valence-corrected chi connectivity index (χ0v) is 30.3. The highest BCUT2D eigenvalue weighted by molar-refractivity contribution is 5.69. The number of carbonyl (C=O) groups is 1. The lowest BCUT2D eigenvalue weighted by Gasteiger charge is -2.09. The van der Waals surface area contributed by atoms with Gasteiger partial charge in [0, 0.05) is 6.42 Å². The minimum atomic E-state index is -0.153. The molecule has 0 unspecified atom stereocenters. The van der Waals surface area contributed by atoms with Crippen molar-refractivity contribution in [3.63, 3.8) is 0 Å². The van der Waals surface area contributed by atoms with E-state index in [0.29, 0.717) is 158 Å². The maximum absolute atomic E-state index is 11.5. The molecule has 0 aliphatic rings. The Kier molecular flexibility index (Phi) is 41.3. The summed E-state index contributed by atoms with van der Waals surface area (Å²) in [6, 6.07) is 0. The summed E-state index contributed by atoms with van der Waals surface area (Å²) in [7, 11) is 0. The van der Waals surface area contributed by atoms with E-state index in [-0.39, 0.29) is 18.7 Å². The molecule has 0 saturated heterocycles. The van der Waals surface area contributed by atoms with E-state index in [2.05, 4.69) is 6.92 Å². The van der Waals surface area contributed by atoms with Crippen LogP contribution in [0.3, 0.4) is 0 Å². The molecule has 0 aromatic carbocycles. The minimum Gasteiger partial charge on any atom is -0.463 e. The van der Waals surface area contributed by atoms with Crippen LogP contribution in [0.2, 0.25) is 0 Å². The lowest BCUT2D eigenvalue weighted by atomic mass is 10.2. The molecule has 0 spiro atoms. The molecule has 0 saturated carbocycles. The third-order valence-electron chi connectivity index (χ3n) is 6.12. The molecule has 288 valence electrons. The van der Waals surface area contributed by atoms with Crippen molar-refractivity contribution >= 4 is 5.97 Å². The van der Waals surface area contributed by atoms with Crippen LogP contribution in [0.25, 0.3) is 0 Å². The van der Waals surface area contributed by atoms with Crippen LogP contribution < -0.4 is 0 Å². The summed E-state index contributed by atoms with van der Waals surface area (Å²) in [5.74, 6) is -0.153. The highest BCUT2D eigenvalue weighted by atomic mass is 16.6. The average Bonchev–Trinajstić information content (AvgIpc) is 3.08. The summed E-state index contributed by atoms with van der Waals surface area (Å²) < 4.78 is 70.5. The summed E-state index contributed by atoms with van der Waals surface area (Å²) in [6.07, 6.45) is 4.99. The highest BCUT2D eigenvalue weighted by Crippen LogP contribution is 2.03. The second-order valence-corrected chi connectivity index (χ2v) is 10.7. The van der Waals surface area contributed by atoms with E-state index in [1.807, 2.05) is 13.8 Å². The zero-order chi connectivity index (χ0) is 34.9. The standard InChI is InChI=1S/C34H68O14/c1-4-5-6-7-8-34(35)48-32-30-46-28-26-44-24-22-42-20-18-40-16-14-38-12-10-36-9-11-37-13-15-39-17-19-41-21-23-43-25-27-45-29-31-47-33(2)3/h33H,4-32H2,1-3H3. The number of esters is 1. The molecule has 0 atom stereocenters. The van der Waals surface area contributed by atoms with Crippen molar-refractivity contribution in [2.75, 3.05) is 159 Å². The van der Waals surface area contributed by atoms with Gasteiger partial charge in [0.25, 0.3) is 0 Å². The van der Waals surface area contributed by atoms with E-state index in [4.69, 9.17) is 61.6 Å². The van der Waals surface area contributed by atoms with Crippen molar-refractivity contribution < 1.29 is 66.4 Å². The predicted molar refractivity (Wildman–Crippen MR) is 180 cm³/mol. The summed E-state index contributed by atoms with van der Waals surface area (Å²) in [4.78, 5) is 11.5. The maximum Gasteiger partial charge on any atom is 0.305 e. The molecule has 0 aliphatic heterocycles. The molecule has 0 aromatic rings. The van der Waals surface area contributed by atoms with Gasteiger partial charge < -0.3 is 61.6 Å². The number of ether oxygens (including phenoxy) is 13. The largest absolute Gasteiger partial charge is 0.463 e. The lowest BCUT2D eigenvalue weighted by Crippen LogP contribution is -2.16. The van der Waals surface area contributed by atoms with Gasteiger partial charge in [-0.25, -0.2) is 0 Å². The Morgan fingerprint density at radius 3 is 0.917 bits per heavy atom. The second-order valence-electron chi connectivity index (χ2n) is 10.7. The van der Waals surface area contributed by atoms with Crippen molar-refractivity contribution in [1.82, 2.24) is 0 Å². The van der Waals surface area contributed by atoms with E-state index in [1.165, 1.54) is 0 Å². The van der Waals surface area contributed by atoms with Gasteiger partial charge in [-0.2, -0.15) is 0 Å². The number of hydrogen-bond acceptors (Lipinski definition) is 14. The average molecular weight is 701 g/mol. The first-order chi connectivity index (χ1) is 23.7. The molecule has 48 heavy (non-hydrogen) atoms. The summed E-state index contributed by atoms with van der Waals surface area (Å²) >= 11 is 0. The van der Waals surface area contributed by atoms with Crippen LogP contribution in [0.1, 0.15) is 52.9 Å². The van der Waals surface area contributed by atoms with Crippen molar-refractivity contribution in [2.24, 2.45) is 0 Å². The van der Waals surface area contributed by atoms with E-state index < -0.39 is 0 Å². The normalized spacial score (nSPS) is 11.6. The van der Waals surface area contributed by atoms with Crippen LogP contribution in [0, 0.1) is 0 Å². The number of rotatable bonds is 42. The van der Waals surface area contributed by atoms with E-state index in [9.17, 15) is 4.79 Å². The van der Waals surface area contributed by atoms with E-state index in [1.54, 1.807) is 0 Å². The van der Waals surface area contributed by atoms with Gasteiger partial charge in [-0.05, 0) is 20.3 Å². The van der Waals surface area contributed by atoms with Crippen LogP contribution in [0.4, 0.5) is 0 Å². The Bertz CT molecular complexity index is 614. The van der Waals surface area contributed by atoms with Crippen molar-refractivity contribution in [2.45, 2.75) is 59.0 Å². The second kappa shape index (κ2) is 42.2. The van der Waals surface area contributed by atoms with Gasteiger partial charge in [0.05, 0.1) is 158 Å². The molecule has 0 heterocycles. The smallest absolute Gasteiger partial charge is 0.305 e. The topological polar surface area (TPSA) is 137 Å². The van der Waals surface area contributed by atoms with E-state index >= 15 is 0 Å². The van der Waals surface area contributed by atoms with Crippen LogP contribution in [-0.4, -0.2) is 171 Å². The molecule has 0 aromatic heterocycles. The molecule has 0 fully saturated rings. The first-order valence-corrected chi connectivity index (χ1v) is 17.8. The molecular formula is C34H68O14. The van der Waals surface area contributed by atoms with Crippen LogP contribution >= 0.6 is 0 Å². The Hall–Kier alpha value is -1.01. The van der Waals surface area contributed by atoms with Gasteiger partial charge in [-0.15, -0.1) is 0 Å². The Morgan fingerprint density at radius 1 is 0.375 bits per heavy atom. The Morgan fingerprint density at radius 2 is 0.646 bits per heavy atom. The quantitative estimate of drug-likeness (QED) is 0.0681. The number of hydrogen-bond donors (Lipinski definition) is 0. The minimum absolute atomic E-state index is 0.153. The molecule has 14 heteroatoms. The van der Waals surface area contributed by atoms with Crippen LogP contribution in [0.15, 0.2) is 0 Å². The van der Waals surface area contributed by atoms with Crippen molar-refractivity contribution in [1.29, 1.82) is 0 Å². The molecule has 0 amide bonds.